The number of imidazole rings is 1. The lowest BCUT2D eigenvalue weighted by atomic mass is 10.2. The van der Waals surface area contributed by atoms with Crippen molar-refractivity contribution in [1.82, 2.24) is 14.4 Å². The van der Waals surface area contributed by atoms with Crippen molar-refractivity contribution in [1.29, 1.82) is 0 Å². The normalized spacial score (nSPS) is 10.8. The monoisotopic (exact) mass is 287 g/mol. The second-order valence-corrected chi connectivity index (χ2v) is 4.70. The zero-order chi connectivity index (χ0) is 14.1. The van der Waals surface area contributed by atoms with E-state index in [1.165, 1.54) is 0 Å². The van der Waals surface area contributed by atoms with Crippen LogP contribution in [0.4, 0.5) is 0 Å². The summed E-state index contributed by atoms with van der Waals surface area (Å²) in [5.74, 6) is -0.927. The Balaban J connectivity index is 2.28. The topological polar surface area (TPSA) is 67.5 Å². The Bertz CT molecular complexity index is 784. The van der Waals surface area contributed by atoms with Gasteiger partial charge in [0.05, 0.1) is 22.8 Å². The molecule has 0 spiro atoms. The molecular formula is C14H10ClN3O2. The number of halogens is 1. The van der Waals surface area contributed by atoms with Crippen LogP contribution in [0.1, 0.15) is 5.69 Å². The SMILES string of the molecule is O=C(O)Cc1c(-c2ccccn2)nc2ccc(Cl)cn12. The van der Waals surface area contributed by atoms with Crippen molar-refractivity contribution in [3.05, 3.63) is 53.4 Å². The zero-order valence-corrected chi connectivity index (χ0v) is 11.1. The molecule has 3 aromatic rings. The van der Waals surface area contributed by atoms with Gasteiger partial charge in [0.25, 0.3) is 0 Å². The van der Waals surface area contributed by atoms with Crippen LogP contribution in [0.15, 0.2) is 42.7 Å². The minimum absolute atomic E-state index is 0.145. The number of carbonyl (C=O) groups is 1. The lowest BCUT2D eigenvalue weighted by molar-refractivity contribution is -0.136. The molecule has 0 fully saturated rings. The fourth-order valence-electron chi connectivity index (χ4n) is 2.09. The molecule has 0 saturated carbocycles. The molecule has 3 heterocycles. The number of rotatable bonds is 3. The maximum absolute atomic E-state index is 11.1. The van der Waals surface area contributed by atoms with E-state index in [-0.39, 0.29) is 6.42 Å². The zero-order valence-electron chi connectivity index (χ0n) is 10.3. The lowest BCUT2D eigenvalue weighted by Gasteiger charge is -2.02. The Labute approximate surface area is 119 Å². The summed E-state index contributed by atoms with van der Waals surface area (Å²) in [6.07, 6.45) is 3.17. The van der Waals surface area contributed by atoms with Gasteiger partial charge >= 0.3 is 5.97 Å². The Morgan fingerprint density at radius 3 is 2.85 bits per heavy atom. The van der Waals surface area contributed by atoms with E-state index in [4.69, 9.17) is 16.7 Å². The van der Waals surface area contributed by atoms with Gasteiger partial charge in [-0.2, -0.15) is 0 Å². The molecule has 0 radical (unpaired) electrons. The summed E-state index contributed by atoms with van der Waals surface area (Å²) in [6.45, 7) is 0. The number of aromatic nitrogens is 3. The number of pyridine rings is 2. The van der Waals surface area contributed by atoms with Gasteiger partial charge < -0.3 is 9.51 Å². The molecule has 0 aromatic carbocycles. The number of carboxylic acid groups (broad SMARTS) is 1. The van der Waals surface area contributed by atoms with E-state index in [2.05, 4.69) is 9.97 Å². The molecule has 0 bridgehead atoms. The smallest absolute Gasteiger partial charge is 0.309 e. The molecule has 3 rings (SSSR count). The van der Waals surface area contributed by atoms with Crippen molar-refractivity contribution in [3.8, 4) is 11.4 Å². The van der Waals surface area contributed by atoms with E-state index in [0.29, 0.717) is 27.8 Å². The molecule has 0 unspecified atom stereocenters. The highest BCUT2D eigenvalue weighted by molar-refractivity contribution is 6.30. The molecular weight excluding hydrogens is 278 g/mol. The maximum Gasteiger partial charge on any atom is 0.309 e. The van der Waals surface area contributed by atoms with Crippen LogP contribution < -0.4 is 0 Å². The van der Waals surface area contributed by atoms with Crippen LogP contribution in [0, 0.1) is 0 Å². The van der Waals surface area contributed by atoms with Crippen molar-refractivity contribution in [2.24, 2.45) is 0 Å². The summed E-state index contributed by atoms with van der Waals surface area (Å²) in [6, 6.07) is 8.91. The fourth-order valence-corrected chi connectivity index (χ4v) is 2.25. The molecule has 3 aromatic heterocycles. The van der Waals surface area contributed by atoms with Gasteiger partial charge in [-0.3, -0.25) is 9.78 Å². The van der Waals surface area contributed by atoms with Crippen LogP contribution in [-0.2, 0) is 11.2 Å². The third-order valence-electron chi connectivity index (χ3n) is 2.91. The molecule has 0 saturated heterocycles. The average molecular weight is 288 g/mol. The van der Waals surface area contributed by atoms with Crippen LogP contribution in [0.5, 0.6) is 0 Å². The van der Waals surface area contributed by atoms with Gasteiger partial charge in [0.1, 0.15) is 11.3 Å². The summed E-state index contributed by atoms with van der Waals surface area (Å²) in [5, 5.41) is 9.61. The second-order valence-electron chi connectivity index (χ2n) is 4.27. The molecule has 0 aliphatic heterocycles. The largest absolute Gasteiger partial charge is 0.481 e. The fraction of sp³-hybridized carbons (Fsp3) is 0.0714. The third kappa shape index (κ3) is 2.23. The van der Waals surface area contributed by atoms with E-state index in [1.54, 1.807) is 41.1 Å². The van der Waals surface area contributed by atoms with Crippen molar-refractivity contribution in [3.63, 3.8) is 0 Å². The first kappa shape index (κ1) is 12.6. The molecule has 0 aliphatic carbocycles. The second kappa shape index (κ2) is 4.94. The number of hydrogen-bond donors (Lipinski definition) is 1. The number of carboxylic acids is 1. The van der Waals surface area contributed by atoms with Gasteiger partial charge in [-0.05, 0) is 24.3 Å². The highest BCUT2D eigenvalue weighted by Crippen LogP contribution is 2.24. The number of nitrogens with zero attached hydrogens (tertiary/aromatic N) is 3. The van der Waals surface area contributed by atoms with Crippen LogP contribution in [0.3, 0.4) is 0 Å². The van der Waals surface area contributed by atoms with Crippen molar-refractivity contribution in [2.45, 2.75) is 6.42 Å². The van der Waals surface area contributed by atoms with Crippen molar-refractivity contribution in [2.75, 3.05) is 0 Å². The molecule has 0 atom stereocenters. The maximum atomic E-state index is 11.1. The quantitative estimate of drug-likeness (QED) is 0.804. The van der Waals surface area contributed by atoms with Gasteiger partial charge in [-0.15, -0.1) is 0 Å². The van der Waals surface area contributed by atoms with E-state index in [1.807, 2.05) is 6.07 Å². The first-order valence-corrected chi connectivity index (χ1v) is 6.32. The summed E-state index contributed by atoms with van der Waals surface area (Å²) in [4.78, 5) is 19.8. The molecule has 0 amide bonds. The Hall–Kier alpha value is -2.40. The highest BCUT2D eigenvalue weighted by atomic mass is 35.5. The van der Waals surface area contributed by atoms with Crippen molar-refractivity contribution >= 4 is 23.2 Å². The van der Waals surface area contributed by atoms with E-state index in [0.717, 1.165) is 0 Å². The minimum atomic E-state index is -0.927. The van der Waals surface area contributed by atoms with Crippen LogP contribution in [0.2, 0.25) is 5.02 Å². The van der Waals surface area contributed by atoms with Gasteiger partial charge in [0.15, 0.2) is 0 Å². The van der Waals surface area contributed by atoms with Gasteiger partial charge in [-0.25, -0.2) is 4.98 Å². The van der Waals surface area contributed by atoms with Gasteiger partial charge in [-0.1, -0.05) is 17.7 Å². The lowest BCUT2D eigenvalue weighted by Crippen LogP contribution is -2.05. The van der Waals surface area contributed by atoms with E-state index >= 15 is 0 Å². The first-order valence-electron chi connectivity index (χ1n) is 5.95. The molecule has 100 valence electrons. The summed E-state index contributed by atoms with van der Waals surface area (Å²) >= 11 is 5.97. The molecule has 1 N–H and O–H groups in total. The van der Waals surface area contributed by atoms with Crippen molar-refractivity contribution < 1.29 is 9.90 Å². The Morgan fingerprint density at radius 2 is 2.15 bits per heavy atom. The summed E-state index contributed by atoms with van der Waals surface area (Å²) in [7, 11) is 0. The Kier molecular flexibility index (Phi) is 3.12. The molecule has 5 nitrogen and oxygen atoms in total. The number of hydrogen-bond acceptors (Lipinski definition) is 3. The number of fused-ring (bicyclic) bond motifs is 1. The first-order chi connectivity index (χ1) is 9.65. The summed E-state index contributed by atoms with van der Waals surface area (Å²) in [5.41, 5.74) is 2.42. The standard InChI is InChI=1S/C14H10ClN3O2/c15-9-4-5-12-17-14(10-3-1-2-6-16-10)11(7-13(19)20)18(12)8-9/h1-6,8H,7H2,(H,19,20). The average Bonchev–Trinajstić information content (AvgIpc) is 2.77. The predicted molar refractivity (Wildman–Crippen MR) is 74.8 cm³/mol. The molecule has 0 aliphatic rings. The highest BCUT2D eigenvalue weighted by Gasteiger charge is 2.17. The van der Waals surface area contributed by atoms with Crippen LogP contribution in [0.25, 0.3) is 17.0 Å². The van der Waals surface area contributed by atoms with Crippen LogP contribution in [-0.4, -0.2) is 25.4 Å². The molecule has 20 heavy (non-hydrogen) atoms. The van der Waals surface area contributed by atoms with Gasteiger partial charge in [0.2, 0.25) is 0 Å². The minimum Gasteiger partial charge on any atom is -0.481 e. The predicted octanol–water partition coefficient (Wildman–Crippen LogP) is 2.68. The molecule has 6 heteroatoms. The van der Waals surface area contributed by atoms with Gasteiger partial charge in [0, 0.05) is 12.4 Å². The van der Waals surface area contributed by atoms with E-state index < -0.39 is 5.97 Å². The van der Waals surface area contributed by atoms with Crippen LogP contribution >= 0.6 is 11.6 Å². The third-order valence-corrected chi connectivity index (χ3v) is 3.13. The van der Waals surface area contributed by atoms with E-state index in [9.17, 15) is 4.79 Å². The summed E-state index contributed by atoms with van der Waals surface area (Å²) < 4.78 is 1.69. The Morgan fingerprint density at radius 1 is 1.30 bits per heavy atom. The number of aliphatic carboxylic acids is 1.